The molecular weight excluding hydrogens is 270 g/mol. The average molecular weight is 287 g/mol. The largest absolute Gasteiger partial charge is 0.480 e. The molecule has 0 aliphatic carbocycles. The van der Waals surface area contributed by atoms with E-state index in [2.05, 4.69) is 15.3 Å². The van der Waals surface area contributed by atoms with Crippen LogP contribution in [0.25, 0.3) is 0 Å². The minimum absolute atomic E-state index is 0.210. The van der Waals surface area contributed by atoms with Gasteiger partial charge in [0.2, 0.25) is 0 Å². The van der Waals surface area contributed by atoms with Gasteiger partial charge in [-0.1, -0.05) is 30.3 Å². The maximum atomic E-state index is 11.4. The summed E-state index contributed by atoms with van der Waals surface area (Å²) >= 11 is 0. The van der Waals surface area contributed by atoms with Crippen LogP contribution in [0.3, 0.4) is 0 Å². The van der Waals surface area contributed by atoms with E-state index in [1.807, 2.05) is 30.3 Å². The van der Waals surface area contributed by atoms with Crippen molar-refractivity contribution in [1.82, 2.24) is 9.97 Å². The molecule has 0 spiro atoms. The van der Waals surface area contributed by atoms with E-state index in [-0.39, 0.29) is 6.01 Å². The lowest BCUT2D eigenvalue weighted by molar-refractivity contribution is -0.137. The molecule has 0 amide bonds. The molecule has 2 aromatic rings. The van der Waals surface area contributed by atoms with Crippen LogP contribution in [-0.4, -0.2) is 34.2 Å². The van der Waals surface area contributed by atoms with Gasteiger partial charge in [-0.05, 0) is 12.5 Å². The molecule has 1 atom stereocenters. The fourth-order valence-corrected chi connectivity index (χ4v) is 1.93. The number of aliphatic carboxylic acids is 1. The summed E-state index contributed by atoms with van der Waals surface area (Å²) in [5.74, 6) is -0.503. The molecule has 1 heterocycles. The number of carboxylic acids is 1. The predicted octanol–water partition coefficient (Wildman–Crippen LogP) is 1.90. The van der Waals surface area contributed by atoms with E-state index in [9.17, 15) is 9.90 Å². The Morgan fingerprint density at radius 1 is 1.33 bits per heavy atom. The molecule has 2 N–H and O–H groups in total. The number of rotatable bonds is 6. The monoisotopic (exact) mass is 287 g/mol. The van der Waals surface area contributed by atoms with E-state index in [1.54, 1.807) is 13.0 Å². The third kappa shape index (κ3) is 4.17. The lowest BCUT2D eigenvalue weighted by atomic mass is 10.1. The van der Waals surface area contributed by atoms with Crippen LogP contribution in [-0.2, 0) is 11.2 Å². The van der Waals surface area contributed by atoms with Gasteiger partial charge in [0.05, 0.1) is 7.11 Å². The molecule has 21 heavy (non-hydrogen) atoms. The van der Waals surface area contributed by atoms with Gasteiger partial charge in [0, 0.05) is 18.2 Å². The van der Waals surface area contributed by atoms with Crippen LogP contribution in [0.5, 0.6) is 6.01 Å². The molecule has 0 aliphatic heterocycles. The number of hydrogen-bond acceptors (Lipinski definition) is 5. The second-order valence-corrected chi connectivity index (χ2v) is 4.61. The highest BCUT2D eigenvalue weighted by atomic mass is 16.5. The van der Waals surface area contributed by atoms with E-state index in [4.69, 9.17) is 4.74 Å². The molecule has 0 aliphatic rings. The van der Waals surface area contributed by atoms with Crippen molar-refractivity contribution in [2.24, 2.45) is 0 Å². The first-order chi connectivity index (χ1) is 10.1. The van der Waals surface area contributed by atoms with E-state index in [0.29, 0.717) is 17.9 Å². The van der Waals surface area contributed by atoms with Gasteiger partial charge in [0.1, 0.15) is 11.9 Å². The standard InChI is InChI=1S/C15H17N3O3/c1-10-8-13(18-15(16-10)21-2)17-12(14(19)20)9-11-6-4-3-5-7-11/h3-8,12H,9H2,1-2H3,(H,19,20)(H,16,17,18)/t12-/m0/s1. The number of carboxylic acid groups (broad SMARTS) is 1. The zero-order valence-electron chi connectivity index (χ0n) is 11.9. The minimum atomic E-state index is -0.936. The Kier molecular flexibility index (Phi) is 4.71. The summed E-state index contributed by atoms with van der Waals surface area (Å²) in [5, 5.41) is 12.3. The highest BCUT2D eigenvalue weighted by Crippen LogP contribution is 2.14. The fourth-order valence-electron chi connectivity index (χ4n) is 1.93. The normalized spacial score (nSPS) is 11.7. The van der Waals surface area contributed by atoms with E-state index in [1.165, 1.54) is 7.11 Å². The van der Waals surface area contributed by atoms with Gasteiger partial charge < -0.3 is 15.2 Å². The molecule has 0 saturated heterocycles. The zero-order chi connectivity index (χ0) is 15.2. The van der Waals surface area contributed by atoms with Crippen molar-refractivity contribution in [2.75, 3.05) is 12.4 Å². The molecule has 1 aromatic carbocycles. The molecule has 0 unspecified atom stereocenters. The van der Waals surface area contributed by atoms with Gasteiger partial charge in [-0.25, -0.2) is 9.78 Å². The number of ether oxygens (including phenoxy) is 1. The maximum Gasteiger partial charge on any atom is 0.326 e. The lowest BCUT2D eigenvalue weighted by Crippen LogP contribution is -2.32. The van der Waals surface area contributed by atoms with Crippen molar-refractivity contribution in [3.8, 4) is 6.01 Å². The molecule has 6 nitrogen and oxygen atoms in total. The number of aromatic nitrogens is 2. The van der Waals surface area contributed by atoms with Gasteiger partial charge in [-0.2, -0.15) is 4.98 Å². The summed E-state index contributed by atoms with van der Waals surface area (Å²) in [4.78, 5) is 19.6. The zero-order valence-corrected chi connectivity index (χ0v) is 11.9. The number of hydrogen-bond donors (Lipinski definition) is 2. The third-order valence-electron chi connectivity index (χ3n) is 2.92. The van der Waals surface area contributed by atoms with Crippen LogP contribution in [0.1, 0.15) is 11.3 Å². The number of aryl methyl sites for hydroxylation is 1. The molecule has 0 saturated carbocycles. The molecule has 0 bridgehead atoms. The summed E-state index contributed by atoms with van der Waals surface area (Å²) in [6.07, 6.45) is 0.363. The van der Waals surface area contributed by atoms with Gasteiger partial charge >= 0.3 is 12.0 Å². The van der Waals surface area contributed by atoms with Crippen LogP contribution >= 0.6 is 0 Å². The summed E-state index contributed by atoms with van der Waals surface area (Å²) in [7, 11) is 1.47. The first-order valence-electron chi connectivity index (χ1n) is 6.51. The van der Waals surface area contributed by atoms with Gasteiger partial charge in [-0.15, -0.1) is 0 Å². The Balaban J connectivity index is 2.16. The number of benzene rings is 1. The first kappa shape index (κ1) is 14.8. The van der Waals surface area contributed by atoms with Crippen molar-refractivity contribution in [2.45, 2.75) is 19.4 Å². The molecular formula is C15H17N3O3. The number of nitrogens with zero attached hydrogens (tertiary/aromatic N) is 2. The summed E-state index contributed by atoms with van der Waals surface area (Å²) in [6, 6.07) is 10.6. The van der Waals surface area contributed by atoms with Crippen LogP contribution in [0.4, 0.5) is 5.82 Å². The Morgan fingerprint density at radius 3 is 2.67 bits per heavy atom. The highest BCUT2D eigenvalue weighted by molar-refractivity contribution is 5.77. The summed E-state index contributed by atoms with van der Waals surface area (Å²) in [5.41, 5.74) is 1.64. The summed E-state index contributed by atoms with van der Waals surface area (Å²) < 4.78 is 4.99. The van der Waals surface area contributed by atoms with Crippen molar-refractivity contribution < 1.29 is 14.6 Å². The van der Waals surface area contributed by atoms with Gasteiger partial charge in [0.15, 0.2) is 0 Å². The molecule has 6 heteroatoms. The summed E-state index contributed by atoms with van der Waals surface area (Å²) in [6.45, 7) is 1.79. The average Bonchev–Trinajstić information content (AvgIpc) is 2.47. The predicted molar refractivity (Wildman–Crippen MR) is 78.5 cm³/mol. The molecule has 2 rings (SSSR count). The topological polar surface area (TPSA) is 84.3 Å². The van der Waals surface area contributed by atoms with Gasteiger partial charge in [-0.3, -0.25) is 0 Å². The molecule has 1 aromatic heterocycles. The second kappa shape index (κ2) is 6.69. The van der Waals surface area contributed by atoms with Crippen LogP contribution in [0.2, 0.25) is 0 Å². The quantitative estimate of drug-likeness (QED) is 0.844. The maximum absolute atomic E-state index is 11.4. The third-order valence-corrected chi connectivity index (χ3v) is 2.92. The van der Waals surface area contributed by atoms with Crippen molar-refractivity contribution >= 4 is 11.8 Å². The first-order valence-corrected chi connectivity index (χ1v) is 6.51. The smallest absolute Gasteiger partial charge is 0.326 e. The number of anilines is 1. The van der Waals surface area contributed by atoms with E-state index < -0.39 is 12.0 Å². The Hall–Kier alpha value is -2.63. The lowest BCUT2D eigenvalue weighted by Gasteiger charge is -2.15. The van der Waals surface area contributed by atoms with Crippen molar-refractivity contribution in [3.63, 3.8) is 0 Å². The molecule has 0 fully saturated rings. The number of methoxy groups -OCH3 is 1. The Bertz CT molecular complexity index is 617. The van der Waals surface area contributed by atoms with E-state index >= 15 is 0 Å². The molecule has 110 valence electrons. The van der Waals surface area contributed by atoms with E-state index in [0.717, 1.165) is 5.56 Å². The van der Waals surface area contributed by atoms with Crippen molar-refractivity contribution in [1.29, 1.82) is 0 Å². The minimum Gasteiger partial charge on any atom is -0.480 e. The van der Waals surface area contributed by atoms with Crippen LogP contribution < -0.4 is 10.1 Å². The molecule has 0 radical (unpaired) electrons. The second-order valence-electron chi connectivity index (χ2n) is 4.61. The van der Waals surface area contributed by atoms with Gasteiger partial charge in [0.25, 0.3) is 0 Å². The fraction of sp³-hybridized carbons (Fsp3) is 0.267. The van der Waals surface area contributed by atoms with Crippen LogP contribution in [0, 0.1) is 6.92 Å². The SMILES string of the molecule is COc1nc(C)cc(N[C@@H](Cc2ccccc2)C(=O)O)n1. The highest BCUT2D eigenvalue weighted by Gasteiger charge is 2.19. The Morgan fingerprint density at radius 2 is 2.05 bits per heavy atom. The Labute approximate surface area is 122 Å². The van der Waals surface area contributed by atoms with Crippen LogP contribution in [0.15, 0.2) is 36.4 Å². The number of nitrogens with one attached hydrogen (secondary N) is 1. The van der Waals surface area contributed by atoms with Crippen molar-refractivity contribution in [3.05, 3.63) is 47.7 Å². The number of carbonyl (C=O) groups is 1.